The van der Waals surface area contributed by atoms with Gasteiger partial charge in [0.15, 0.2) is 5.82 Å². The van der Waals surface area contributed by atoms with Crippen LogP contribution in [0.4, 0.5) is 0 Å². The van der Waals surface area contributed by atoms with Gasteiger partial charge in [0.25, 0.3) is 0 Å². The van der Waals surface area contributed by atoms with Crippen LogP contribution in [0, 0.1) is 0 Å². The molecule has 2 N–H and O–H groups in total. The molecule has 6 heteroatoms. The van der Waals surface area contributed by atoms with Crippen LogP contribution in [-0.2, 0) is 13.1 Å². The largest absolute Gasteiger partial charge is 0.338 e. The second-order valence-corrected chi connectivity index (χ2v) is 5.94. The molecule has 1 unspecified atom stereocenters. The van der Waals surface area contributed by atoms with Crippen molar-refractivity contribution in [3.63, 3.8) is 0 Å². The van der Waals surface area contributed by atoms with Gasteiger partial charge < -0.3 is 15.2 Å². The molecule has 0 aliphatic carbocycles. The smallest absolute Gasteiger partial charge is 0.240 e. The predicted molar refractivity (Wildman–Crippen MR) is 75.9 cm³/mol. The molecule has 0 bridgehead atoms. The fraction of sp³-hybridized carbons (Fsp3) is 0.857. The van der Waals surface area contributed by atoms with Crippen molar-refractivity contribution in [2.75, 3.05) is 26.2 Å². The monoisotopic (exact) mass is 279 g/mol. The summed E-state index contributed by atoms with van der Waals surface area (Å²) in [6.07, 6.45) is 6.68. The van der Waals surface area contributed by atoms with Gasteiger partial charge in [0.2, 0.25) is 5.89 Å². The zero-order chi connectivity index (χ0) is 13.8. The zero-order valence-corrected chi connectivity index (χ0v) is 12.1. The van der Waals surface area contributed by atoms with E-state index in [4.69, 9.17) is 10.3 Å². The maximum Gasteiger partial charge on any atom is 0.240 e. The molecule has 0 amide bonds. The van der Waals surface area contributed by atoms with Crippen molar-refractivity contribution in [2.24, 2.45) is 5.73 Å². The first-order chi connectivity index (χ1) is 9.85. The SMILES string of the molecule is NCc1nc(CN2CCCC2CN2CCCCC2)no1. The maximum atomic E-state index is 5.51. The van der Waals surface area contributed by atoms with E-state index in [0.29, 0.717) is 18.5 Å². The van der Waals surface area contributed by atoms with E-state index in [1.807, 2.05) is 0 Å². The van der Waals surface area contributed by atoms with Gasteiger partial charge in [-0.1, -0.05) is 11.6 Å². The number of aromatic nitrogens is 2. The molecule has 0 radical (unpaired) electrons. The van der Waals surface area contributed by atoms with Gasteiger partial charge in [0.05, 0.1) is 13.1 Å². The molecule has 1 atom stereocenters. The molecule has 1 aromatic rings. The predicted octanol–water partition coefficient (Wildman–Crippen LogP) is 0.979. The number of rotatable bonds is 5. The van der Waals surface area contributed by atoms with Gasteiger partial charge in [0.1, 0.15) is 0 Å². The maximum absolute atomic E-state index is 5.51. The van der Waals surface area contributed by atoms with Crippen molar-refractivity contribution < 1.29 is 4.52 Å². The van der Waals surface area contributed by atoms with Crippen LogP contribution in [0.2, 0.25) is 0 Å². The lowest BCUT2D eigenvalue weighted by atomic mass is 10.1. The highest BCUT2D eigenvalue weighted by atomic mass is 16.5. The first kappa shape index (κ1) is 14.0. The summed E-state index contributed by atoms with van der Waals surface area (Å²) in [7, 11) is 0. The van der Waals surface area contributed by atoms with E-state index in [1.54, 1.807) is 0 Å². The van der Waals surface area contributed by atoms with Crippen molar-refractivity contribution in [1.29, 1.82) is 0 Å². The Morgan fingerprint density at radius 1 is 1.15 bits per heavy atom. The van der Waals surface area contributed by atoms with Gasteiger partial charge in [-0.15, -0.1) is 0 Å². The Hall–Kier alpha value is -0.980. The molecule has 0 spiro atoms. The molecule has 20 heavy (non-hydrogen) atoms. The fourth-order valence-corrected chi connectivity index (χ4v) is 3.37. The van der Waals surface area contributed by atoms with E-state index in [9.17, 15) is 0 Å². The van der Waals surface area contributed by atoms with E-state index in [2.05, 4.69) is 19.9 Å². The normalized spacial score (nSPS) is 25.4. The minimum atomic E-state index is 0.324. The van der Waals surface area contributed by atoms with Crippen molar-refractivity contribution in [3.05, 3.63) is 11.7 Å². The average Bonchev–Trinajstić information content (AvgIpc) is 3.10. The van der Waals surface area contributed by atoms with Crippen LogP contribution < -0.4 is 5.73 Å². The molecule has 0 saturated carbocycles. The highest BCUT2D eigenvalue weighted by Crippen LogP contribution is 2.21. The highest BCUT2D eigenvalue weighted by Gasteiger charge is 2.28. The Bertz CT molecular complexity index is 415. The first-order valence-electron chi connectivity index (χ1n) is 7.83. The number of piperidine rings is 1. The molecular weight excluding hydrogens is 254 g/mol. The van der Waals surface area contributed by atoms with E-state index >= 15 is 0 Å². The van der Waals surface area contributed by atoms with Crippen LogP contribution in [0.3, 0.4) is 0 Å². The number of hydrogen-bond acceptors (Lipinski definition) is 6. The van der Waals surface area contributed by atoms with E-state index < -0.39 is 0 Å². The molecule has 2 aliphatic rings. The summed E-state index contributed by atoms with van der Waals surface area (Å²) < 4.78 is 5.09. The third-order valence-electron chi connectivity index (χ3n) is 4.45. The van der Waals surface area contributed by atoms with Gasteiger partial charge in [-0.3, -0.25) is 4.90 Å². The van der Waals surface area contributed by atoms with Crippen LogP contribution in [0.25, 0.3) is 0 Å². The summed E-state index contributed by atoms with van der Waals surface area (Å²) in [5.41, 5.74) is 5.51. The van der Waals surface area contributed by atoms with Gasteiger partial charge in [-0.05, 0) is 45.3 Å². The molecular formula is C14H25N5O. The molecule has 112 valence electrons. The molecule has 2 aliphatic heterocycles. The fourth-order valence-electron chi connectivity index (χ4n) is 3.37. The number of hydrogen-bond donors (Lipinski definition) is 1. The molecule has 2 fully saturated rings. The van der Waals surface area contributed by atoms with Crippen LogP contribution in [0.15, 0.2) is 4.52 Å². The van der Waals surface area contributed by atoms with E-state index in [-0.39, 0.29) is 0 Å². The summed E-state index contributed by atoms with van der Waals surface area (Å²) in [6, 6.07) is 0.646. The van der Waals surface area contributed by atoms with E-state index in [0.717, 1.165) is 18.9 Å². The second-order valence-electron chi connectivity index (χ2n) is 5.94. The van der Waals surface area contributed by atoms with Gasteiger partial charge in [-0.2, -0.15) is 4.98 Å². The summed E-state index contributed by atoms with van der Waals surface area (Å²) in [4.78, 5) is 9.43. The topological polar surface area (TPSA) is 71.4 Å². The first-order valence-corrected chi connectivity index (χ1v) is 7.83. The molecule has 1 aromatic heterocycles. The Balaban J connectivity index is 1.54. The minimum absolute atomic E-state index is 0.324. The molecule has 6 nitrogen and oxygen atoms in total. The number of likely N-dealkylation sites (tertiary alicyclic amines) is 2. The molecule has 2 saturated heterocycles. The van der Waals surface area contributed by atoms with Gasteiger partial charge in [0, 0.05) is 12.6 Å². The lowest BCUT2D eigenvalue weighted by Crippen LogP contribution is -2.42. The molecule has 3 rings (SSSR count). The van der Waals surface area contributed by atoms with Crippen LogP contribution in [-0.4, -0.2) is 52.2 Å². The third-order valence-corrected chi connectivity index (χ3v) is 4.45. The van der Waals surface area contributed by atoms with Crippen LogP contribution in [0.5, 0.6) is 0 Å². The number of nitrogens with zero attached hydrogens (tertiary/aromatic N) is 4. The van der Waals surface area contributed by atoms with E-state index in [1.165, 1.54) is 51.7 Å². The van der Waals surface area contributed by atoms with Crippen molar-refractivity contribution in [2.45, 2.75) is 51.2 Å². The Kier molecular flexibility index (Phi) is 4.65. The Morgan fingerprint density at radius 3 is 2.75 bits per heavy atom. The lowest BCUT2D eigenvalue weighted by molar-refractivity contribution is 0.146. The summed E-state index contributed by atoms with van der Waals surface area (Å²) in [5.74, 6) is 1.31. The van der Waals surface area contributed by atoms with Crippen LogP contribution >= 0.6 is 0 Å². The minimum Gasteiger partial charge on any atom is -0.338 e. The molecule has 3 heterocycles. The van der Waals surface area contributed by atoms with Gasteiger partial charge in [-0.25, -0.2) is 0 Å². The number of nitrogens with two attached hydrogens (primary N) is 1. The van der Waals surface area contributed by atoms with Crippen molar-refractivity contribution >= 4 is 0 Å². The lowest BCUT2D eigenvalue weighted by Gasteiger charge is -2.32. The third kappa shape index (κ3) is 3.37. The second kappa shape index (κ2) is 6.65. The summed E-state index contributed by atoms with van der Waals surface area (Å²) in [5, 5.41) is 4.01. The highest BCUT2D eigenvalue weighted by molar-refractivity contribution is 4.90. The standard InChI is InChI=1S/C14H25N5O/c15-9-14-16-13(17-20-14)11-19-8-4-5-12(19)10-18-6-2-1-3-7-18/h12H,1-11,15H2. The van der Waals surface area contributed by atoms with Crippen LogP contribution in [0.1, 0.15) is 43.8 Å². The van der Waals surface area contributed by atoms with Crippen molar-refractivity contribution in [1.82, 2.24) is 19.9 Å². The Labute approximate surface area is 120 Å². The molecule has 0 aromatic carbocycles. The quantitative estimate of drug-likeness (QED) is 0.866. The zero-order valence-electron chi connectivity index (χ0n) is 12.1. The summed E-state index contributed by atoms with van der Waals surface area (Å²) >= 11 is 0. The summed E-state index contributed by atoms with van der Waals surface area (Å²) in [6.45, 7) is 5.99. The van der Waals surface area contributed by atoms with Gasteiger partial charge >= 0.3 is 0 Å². The van der Waals surface area contributed by atoms with Crippen molar-refractivity contribution in [3.8, 4) is 0 Å². The Morgan fingerprint density at radius 2 is 2.00 bits per heavy atom. The average molecular weight is 279 g/mol.